The Morgan fingerprint density at radius 1 is 0.826 bits per heavy atom. The number of nitrogens with one attached hydrogen (secondary N) is 1. The number of aromatic nitrogens is 1. The molecule has 23 heavy (non-hydrogen) atoms. The summed E-state index contributed by atoms with van der Waals surface area (Å²) in [5.74, 6) is 0.00412. The molecular formula is C19H14N2OS. The van der Waals surface area contributed by atoms with Crippen molar-refractivity contribution in [2.45, 2.75) is 0 Å². The quantitative estimate of drug-likeness (QED) is 0.581. The third-order valence-electron chi connectivity index (χ3n) is 3.34. The molecule has 3 rings (SSSR count). The van der Waals surface area contributed by atoms with Crippen molar-refractivity contribution in [1.82, 2.24) is 4.98 Å². The van der Waals surface area contributed by atoms with Gasteiger partial charge in [-0.25, -0.2) is 0 Å². The zero-order chi connectivity index (χ0) is 16.1. The van der Waals surface area contributed by atoms with Gasteiger partial charge >= 0.3 is 0 Å². The van der Waals surface area contributed by atoms with E-state index in [0.717, 1.165) is 5.69 Å². The van der Waals surface area contributed by atoms with Crippen LogP contribution >= 0.6 is 12.2 Å². The molecule has 0 atom stereocenters. The van der Waals surface area contributed by atoms with Gasteiger partial charge in [0.1, 0.15) is 4.99 Å². The summed E-state index contributed by atoms with van der Waals surface area (Å²) in [5.41, 5.74) is 2.86. The zero-order valence-corrected chi connectivity index (χ0v) is 13.1. The highest BCUT2D eigenvalue weighted by atomic mass is 32.1. The third-order valence-corrected chi connectivity index (χ3v) is 3.65. The summed E-state index contributed by atoms with van der Waals surface area (Å²) in [6.07, 6.45) is 1.70. The summed E-state index contributed by atoms with van der Waals surface area (Å²) in [6, 6.07) is 22.1. The van der Waals surface area contributed by atoms with Gasteiger partial charge in [0, 0.05) is 23.0 Å². The topological polar surface area (TPSA) is 42.0 Å². The molecule has 1 heterocycles. The van der Waals surface area contributed by atoms with Crippen molar-refractivity contribution < 1.29 is 4.79 Å². The first-order chi connectivity index (χ1) is 11.2. The number of hydrogen-bond donors (Lipinski definition) is 1. The lowest BCUT2D eigenvalue weighted by atomic mass is 10.0. The molecule has 0 aliphatic carbocycles. The number of carbonyl (C=O) groups is 1. The van der Waals surface area contributed by atoms with Crippen molar-refractivity contribution in [1.29, 1.82) is 0 Å². The van der Waals surface area contributed by atoms with Crippen LogP contribution < -0.4 is 5.32 Å². The van der Waals surface area contributed by atoms with Crippen LogP contribution in [0, 0.1) is 0 Å². The summed E-state index contributed by atoms with van der Waals surface area (Å²) < 4.78 is 0. The Kier molecular flexibility index (Phi) is 4.54. The molecule has 1 aromatic heterocycles. The fourth-order valence-corrected chi connectivity index (χ4v) is 2.39. The van der Waals surface area contributed by atoms with Gasteiger partial charge in [-0.2, -0.15) is 0 Å². The summed E-state index contributed by atoms with van der Waals surface area (Å²) >= 11 is 5.32. The van der Waals surface area contributed by atoms with Crippen LogP contribution in [-0.4, -0.2) is 15.8 Å². The van der Waals surface area contributed by atoms with E-state index in [1.165, 1.54) is 0 Å². The molecule has 1 N–H and O–H groups in total. The van der Waals surface area contributed by atoms with Crippen molar-refractivity contribution in [3.63, 3.8) is 0 Å². The molecule has 0 radical (unpaired) electrons. The van der Waals surface area contributed by atoms with Crippen LogP contribution in [0.15, 0.2) is 79.0 Å². The molecule has 3 aromatic rings. The highest BCUT2D eigenvalue weighted by Gasteiger charge is 2.08. The zero-order valence-electron chi connectivity index (χ0n) is 12.3. The highest BCUT2D eigenvalue weighted by molar-refractivity contribution is 7.81. The fraction of sp³-hybridized carbons (Fsp3) is 0. The van der Waals surface area contributed by atoms with Crippen molar-refractivity contribution in [3.8, 4) is 0 Å². The molecule has 0 aliphatic heterocycles. The van der Waals surface area contributed by atoms with E-state index < -0.39 is 0 Å². The van der Waals surface area contributed by atoms with Gasteiger partial charge in [0.05, 0.1) is 5.69 Å². The van der Waals surface area contributed by atoms with E-state index in [1.807, 2.05) is 60.7 Å². The molecule has 0 spiro atoms. The Hall–Kier alpha value is -2.85. The largest absolute Gasteiger partial charge is 0.345 e. The second-order valence-corrected chi connectivity index (χ2v) is 5.35. The standard InChI is InChI=1S/C19H14N2OS/c22-18(14-6-2-1-3-7-14)15-9-11-16(12-10-15)21-19(23)17-8-4-5-13-20-17/h1-13H,(H,21,23). The monoisotopic (exact) mass is 318 g/mol. The molecule has 0 bridgehead atoms. The number of hydrogen-bond acceptors (Lipinski definition) is 3. The van der Waals surface area contributed by atoms with Gasteiger partial charge in [-0.15, -0.1) is 0 Å². The van der Waals surface area contributed by atoms with Gasteiger partial charge in [-0.05, 0) is 36.4 Å². The van der Waals surface area contributed by atoms with Gasteiger partial charge in [-0.1, -0.05) is 48.6 Å². The smallest absolute Gasteiger partial charge is 0.193 e. The van der Waals surface area contributed by atoms with Crippen LogP contribution in [0.5, 0.6) is 0 Å². The van der Waals surface area contributed by atoms with Gasteiger partial charge in [0.2, 0.25) is 0 Å². The number of pyridine rings is 1. The van der Waals surface area contributed by atoms with Crippen LogP contribution in [0.4, 0.5) is 5.69 Å². The fourth-order valence-electron chi connectivity index (χ4n) is 2.15. The first-order valence-corrected chi connectivity index (χ1v) is 7.57. The predicted octanol–water partition coefficient (Wildman–Crippen LogP) is 4.10. The molecule has 2 aromatic carbocycles. The first kappa shape index (κ1) is 15.1. The van der Waals surface area contributed by atoms with Crippen molar-refractivity contribution >= 4 is 28.7 Å². The van der Waals surface area contributed by atoms with Crippen molar-refractivity contribution in [3.05, 3.63) is 95.8 Å². The van der Waals surface area contributed by atoms with Crippen LogP contribution in [0.2, 0.25) is 0 Å². The molecule has 0 unspecified atom stereocenters. The summed E-state index contributed by atoms with van der Waals surface area (Å²) in [7, 11) is 0. The molecule has 0 fully saturated rings. The number of carbonyl (C=O) groups excluding carboxylic acids is 1. The van der Waals surface area contributed by atoms with Crippen LogP contribution in [0.25, 0.3) is 0 Å². The Morgan fingerprint density at radius 2 is 1.48 bits per heavy atom. The van der Waals surface area contributed by atoms with E-state index in [1.54, 1.807) is 18.3 Å². The van der Waals surface area contributed by atoms with E-state index in [9.17, 15) is 4.79 Å². The summed E-state index contributed by atoms with van der Waals surface area (Å²) in [4.78, 5) is 17.1. The maximum absolute atomic E-state index is 12.3. The van der Waals surface area contributed by atoms with E-state index >= 15 is 0 Å². The number of rotatable bonds is 4. The lowest BCUT2D eigenvalue weighted by Gasteiger charge is -2.08. The summed E-state index contributed by atoms with van der Waals surface area (Å²) in [5, 5.41) is 3.12. The van der Waals surface area contributed by atoms with E-state index in [2.05, 4.69) is 10.3 Å². The molecule has 112 valence electrons. The van der Waals surface area contributed by atoms with Crippen LogP contribution in [0.3, 0.4) is 0 Å². The highest BCUT2D eigenvalue weighted by Crippen LogP contribution is 2.14. The molecule has 0 saturated heterocycles. The average Bonchev–Trinajstić information content (AvgIpc) is 2.63. The normalized spacial score (nSPS) is 10.1. The maximum Gasteiger partial charge on any atom is 0.193 e. The Morgan fingerprint density at radius 3 is 2.13 bits per heavy atom. The Balaban J connectivity index is 1.73. The van der Waals surface area contributed by atoms with Gasteiger partial charge < -0.3 is 5.32 Å². The molecule has 4 heteroatoms. The lowest BCUT2D eigenvalue weighted by molar-refractivity contribution is 0.103. The minimum atomic E-state index is 0.00412. The molecule has 0 aliphatic rings. The number of ketones is 1. The lowest BCUT2D eigenvalue weighted by Crippen LogP contribution is -2.12. The number of anilines is 1. The van der Waals surface area contributed by atoms with Crippen LogP contribution in [0.1, 0.15) is 21.6 Å². The predicted molar refractivity (Wildman–Crippen MR) is 95.9 cm³/mol. The minimum absolute atomic E-state index is 0.00412. The van der Waals surface area contributed by atoms with Crippen molar-refractivity contribution in [2.75, 3.05) is 5.32 Å². The second kappa shape index (κ2) is 6.94. The van der Waals surface area contributed by atoms with Gasteiger partial charge in [0.25, 0.3) is 0 Å². The first-order valence-electron chi connectivity index (χ1n) is 7.16. The van der Waals surface area contributed by atoms with Gasteiger partial charge in [0.15, 0.2) is 5.78 Å². The molecule has 3 nitrogen and oxygen atoms in total. The van der Waals surface area contributed by atoms with E-state index in [4.69, 9.17) is 12.2 Å². The number of benzene rings is 2. The molecule has 0 saturated carbocycles. The third kappa shape index (κ3) is 3.67. The second-order valence-electron chi connectivity index (χ2n) is 4.94. The SMILES string of the molecule is O=C(c1ccccc1)c1ccc(NC(=S)c2ccccn2)cc1. The van der Waals surface area contributed by atoms with E-state index in [-0.39, 0.29) is 5.78 Å². The Bertz CT molecular complexity index is 815. The molecule has 0 amide bonds. The number of nitrogens with zero attached hydrogens (tertiary/aromatic N) is 1. The van der Waals surface area contributed by atoms with Crippen molar-refractivity contribution in [2.24, 2.45) is 0 Å². The maximum atomic E-state index is 12.3. The minimum Gasteiger partial charge on any atom is -0.345 e. The van der Waals surface area contributed by atoms with Gasteiger partial charge in [-0.3, -0.25) is 9.78 Å². The van der Waals surface area contributed by atoms with Crippen LogP contribution in [-0.2, 0) is 0 Å². The number of thiocarbonyl (C=S) groups is 1. The van der Waals surface area contributed by atoms with E-state index in [0.29, 0.717) is 21.8 Å². The summed E-state index contributed by atoms with van der Waals surface area (Å²) in [6.45, 7) is 0. The Labute approximate surface area is 140 Å². The average molecular weight is 318 g/mol. The molecular weight excluding hydrogens is 304 g/mol.